The molecule has 1 aliphatic heterocycles. The molecular formula is C25H26N4O4S. The van der Waals surface area contributed by atoms with Gasteiger partial charge >= 0.3 is 0 Å². The number of likely N-dealkylation sites (N-methyl/N-ethyl adjacent to an activating group) is 1. The summed E-state index contributed by atoms with van der Waals surface area (Å²) in [5.41, 5.74) is 2.21. The van der Waals surface area contributed by atoms with Gasteiger partial charge in [0.15, 0.2) is 0 Å². The number of thioether (sulfide) groups is 1. The lowest BCUT2D eigenvalue weighted by atomic mass is 10.1. The van der Waals surface area contributed by atoms with E-state index in [9.17, 15) is 9.59 Å². The van der Waals surface area contributed by atoms with Crippen LogP contribution in [0.25, 0.3) is 0 Å². The number of rotatable bonds is 10. The van der Waals surface area contributed by atoms with Gasteiger partial charge in [-0.2, -0.15) is 4.98 Å². The van der Waals surface area contributed by atoms with E-state index in [1.165, 1.54) is 5.56 Å². The number of aromatic nitrogens is 2. The monoisotopic (exact) mass is 478 g/mol. The molecule has 176 valence electrons. The van der Waals surface area contributed by atoms with E-state index in [2.05, 4.69) is 22.2 Å². The maximum absolute atomic E-state index is 11.7. The molecule has 1 unspecified atom stereocenters. The zero-order valence-corrected chi connectivity index (χ0v) is 19.9. The topological polar surface area (TPSA) is 93.7 Å². The van der Waals surface area contributed by atoms with Crippen molar-refractivity contribution in [3.8, 4) is 17.4 Å². The summed E-state index contributed by atoms with van der Waals surface area (Å²) in [5, 5.41) is 2.24. The van der Waals surface area contributed by atoms with Crippen LogP contribution in [-0.4, -0.2) is 46.6 Å². The van der Waals surface area contributed by atoms with E-state index in [4.69, 9.17) is 9.47 Å². The van der Waals surface area contributed by atoms with Gasteiger partial charge < -0.3 is 19.7 Å². The normalized spacial score (nSPS) is 15.2. The summed E-state index contributed by atoms with van der Waals surface area (Å²) in [6, 6.07) is 16.7. The summed E-state index contributed by atoms with van der Waals surface area (Å²) < 4.78 is 11.7. The number of nitrogens with one attached hydrogen (secondary N) is 1. The molecule has 8 nitrogen and oxygen atoms in total. The average Bonchev–Trinajstić information content (AvgIpc) is 3.17. The lowest BCUT2D eigenvalue weighted by Gasteiger charge is -2.18. The van der Waals surface area contributed by atoms with Crippen LogP contribution in [0.2, 0.25) is 0 Å². The Morgan fingerprint density at radius 1 is 1.00 bits per heavy atom. The van der Waals surface area contributed by atoms with Crippen molar-refractivity contribution < 1.29 is 19.1 Å². The van der Waals surface area contributed by atoms with Gasteiger partial charge in [0, 0.05) is 37.5 Å². The van der Waals surface area contributed by atoms with Crippen LogP contribution in [0.4, 0.5) is 10.7 Å². The first-order chi connectivity index (χ1) is 16.5. The van der Waals surface area contributed by atoms with E-state index in [0.29, 0.717) is 31.4 Å². The van der Waals surface area contributed by atoms with Gasteiger partial charge in [0.2, 0.25) is 16.9 Å². The van der Waals surface area contributed by atoms with Crippen LogP contribution in [0.15, 0.2) is 60.8 Å². The molecule has 1 amide bonds. The fraction of sp³-hybridized carbons (Fsp3) is 0.280. The maximum atomic E-state index is 11.7. The molecule has 0 saturated carbocycles. The number of hydrogen-bond donors (Lipinski definition) is 1. The van der Waals surface area contributed by atoms with Gasteiger partial charge in [-0.3, -0.25) is 9.59 Å². The minimum atomic E-state index is -0.464. The molecular weight excluding hydrogens is 452 g/mol. The zero-order valence-electron chi connectivity index (χ0n) is 19.1. The minimum Gasteiger partial charge on any atom is -0.492 e. The molecule has 1 aliphatic rings. The molecule has 3 aromatic rings. The molecule has 0 aliphatic carbocycles. The highest BCUT2D eigenvalue weighted by Crippen LogP contribution is 2.22. The quantitative estimate of drug-likeness (QED) is 0.463. The highest BCUT2D eigenvalue weighted by atomic mass is 32.2. The Bertz CT molecular complexity index is 1140. The van der Waals surface area contributed by atoms with Gasteiger partial charge in [0.1, 0.15) is 24.1 Å². The van der Waals surface area contributed by atoms with E-state index in [-0.39, 0.29) is 10.4 Å². The molecule has 4 rings (SSSR count). The van der Waals surface area contributed by atoms with Gasteiger partial charge in [-0.25, -0.2) is 4.98 Å². The summed E-state index contributed by atoms with van der Waals surface area (Å²) in [4.78, 5) is 33.8. The number of hydrogen-bond acceptors (Lipinski definition) is 8. The SMILES string of the molecule is CCc1ccc(Oc2ccnc(N(C)CCOc3ccc(CC4NC(=O)SC4=O)cc3)n2)cc1. The summed E-state index contributed by atoms with van der Waals surface area (Å²) in [6.07, 6.45) is 3.12. The number of carbonyl (C=O) groups is 2. The van der Waals surface area contributed by atoms with Crippen LogP contribution in [0, 0.1) is 0 Å². The lowest BCUT2D eigenvalue weighted by Crippen LogP contribution is -2.30. The van der Waals surface area contributed by atoms with Crippen molar-refractivity contribution in [2.24, 2.45) is 0 Å². The molecule has 2 heterocycles. The molecule has 0 bridgehead atoms. The Hall–Kier alpha value is -3.59. The molecule has 0 radical (unpaired) electrons. The standard InChI is InChI=1S/C25H26N4O4S/c1-3-17-4-10-20(11-5-17)33-22-12-13-26-24(28-22)29(2)14-15-32-19-8-6-18(7-9-19)16-21-23(30)34-25(31)27-21/h4-13,21H,3,14-16H2,1-2H3,(H,27,31). The lowest BCUT2D eigenvalue weighted by molar-refractivity contribution is -0.112. The molecule has 1 aromatic heterocycles. The van der Waals surface area contributed by atoms with Crippen molar-refractivity contribution in [1.82, 2.24) is 15.3 Å². The molecule has 9 heteroatoms. The Labute approximate surface area is 202 Å². The highest BCUT2D eigenvalue weighted by Gasteiger charge is 2.31. The van der Waals surface area contributed by atoms with Crippen LogP contribution in [-0.2, 0) is 17.6 Å². The third-order valence-electron chi connectivity index (χ3n) is 5.34. The van der Waals surface area contributed by atoms with Crippen LogP contribution < -0.4 is 19.7 Å². The molecule has 34 heavy (non-hydrogen) atoms. The molecule has 1 fully saturated rings. The third kappa shape index (κ3) is 6.26. The molecule has 0 spiro atoms. The van der Waals surface area contributed by atoms with E-state index in [0.717, 1.165) is 35.2 Å². The summed E-state index contributed by atoms with van der Waals surface area (Å²) in [6.45, 7) is 3.13. The number of nitrogens with zero attached hydrogens (tertiary/aromatic N) is 3. The first kappa shape index (κ1) is 23.6. The highest BCUT2D eigenvalue weighted by molar-refractivity contribution is 8.26. The van der Waals surface area contributed by atoms with Gasteiger partial charge in [-0.1, -0.05) is 31.2 Å². The van der Waals surface area contributed by atoms with Crippen molar-refractivity contribution in [3.05, 3.63) is 71.9 Å². The second-order valence-corrected chi connectivity index (χ2v) is 8.80. The Balaban J connectivity index is 1.25. The molecule has 1 saturated heterocycles. The van der Waals surface area contributed by atoms with Gasteiger partial charge in [-0.05, 0) is 41.8 Å². The summed E-state index contributed by atoms with van der Waals surface area (Å²) >= 11 is 0.729. The number of carbonyl (C=O) groups excluding carboxylic acids is 2. The van der Waals surface area contributed by atoms with Crippen LogP contribution in [0.3, 0.4) is 0 Å². The maximum Gasteiger partial charge on any atom is 0.287 e. The fourth-order valence-corrected chi connectivity index (χ4v) is 4.04. The Morgan fingerprint density at radius 2 is 1.71 bits per heavy atom. The summed E-state index contributed by atoms with van der Waals surface area (Å²) in [5.74, 6) is 2.48. The smallest absolute Gasteiger partial charge is 0.287 e. The first-order valence-electron chi connectivity index (χ1n) is 11.0. The van der Waals surface area contributed by atoms with Crippen molar-refractivity contribution in [2.45, 2.75) is 25.8 Å². The van der Waals surface area contributed by atoms with Crippen molar-refractivity contribution in [1.29, 1.82) is 0 Å². The van der Waals surface area contributed by atoms with E-state index in [1.807, 2.05) is 60.5 Å². The second kappa shape index (κ2) is 11.0. The predicted molar refractivity (Wildman–Crippen MR) is 132 cm³/mol. The van der Waals surface area contributed by atoms with Crippen LogP contribution in [0.5, 0.6) is 17.4 Å². The number of ether oxygens (including phenoxy) is 2. The number of anilines is 1. The Morgan fingerprint density at radius 3 is 2.38 bits per heavy atom. The largest absolute Gasteiger partial charge is 0.492 e. The first-order valence-corrected chi connectivity index (χ1v) is 11.9. The average molecular weight is 479 g/mol. The minimum absolute atomic E-state index is 0.139. The predicted octanol–water partition coefficient (Wildman–Crippen LogP) is 4.24. The van der Waals surface area contributed by atoms with Gasteiger partial charge in [0.05, 0.1) is 6.54 Å². The van der Waals surface area contributed by atoms with Crippen molar-refractivity contribution >= 4 is 28.1 Å². The van der Waals surface area contributed by atoms with E-state index < -0.39 is 6.04 Å². The fourth-order valence-electron chi connectivity index (χ4n) is 3.37. The van der Waals surface area contributed by atoms with Gasteiger partial charge in [-0.15, -0.1) is 0 Å². The molecule has 2 aromatic carbocycles. The van der Waals surface area contributed by atoms with Crippen LogP contribution in [0.1, 0.15) is 18.1 Å². The second-order valence-electron chi connectivity index (χ2n) is 7.82. The van der Waals surface area contributed by atoms with E-state index >= 15 is 0 Å². The van der Waals surface area contributed by atoms with Crippen LogP contribution >= 0.6 is 11.8 Å². The number of aryl methyl sites for hydroxylation is 1. The molecule has 1 atom stereocenters. The van der Waals surface area contributed by atoms with Crippen molar-refractivity contribution in [2.75, 3.05) is 25.1 Å². The van der Waals surface area contributed by atoms with E-state index in [1.54, 1.807) is 12.3 Å². The Kier molecular flexibility index (Phi) is 7.64. The van der Waals surface area contributed by atoms with Gasteiger partial charge in [0.25, 0.3) is 5.24 Å². The number of benzene rings is 2. The third-order valence-corrected chi connectivity index (χ3v) is 6.13. The summed E-state index contributed by atoms with van der Waals surface area (Å²) in [7, 11) is 1.90. The van der Waals surface area contributed by atoms with Crippen molar-refractivity contribution in [3.63, 3.8) is 0 Å². The zero-order chi connectivity index (χ0) is 23.9. The molecule has 1 N–H and O–H groups in total. The number of amides is 1.